The van der Waals surface area contributed by atoms with Gasteiger partial charge in [-0.15, -0.1) is 0 Å². The van der Waals surface area contributed by atoms with Gasteiger partial charge in [-0.05, 0) is 25.3 Å². The quantitative estimate of drug-likeness (QED) is 0.547. The molecule has 0 saturated heterocycles. The Bertz CT molecular complexity index is 137. The van der Waals surface area contributed by atoms with Crippen molar-refractivity contribution < 1.29 is 4.74 Å². The van der Waals surface area contributed by atoms with Gasteiger partial charge in [-0.3, -0.25) is 0 Å². The lowest BCUT2D eigenvalue weighted by Crippen LogP contribution is -2.38. The van der Waals surface area contributed by atoms with Crippen molar-refractivity contribution in [1.82, 2.24) is 5.32 Å². The fourth-order valence-electron chi connectivity index (χ4n) is 1.66. The summed E-state index contributed by atoms with van der Waals surface area (Å²) in [6.45, 7) is 11.9. The molecule has 0 aromatic rings. The van der Waals surface area contributed by atoms with Crippen LogP contribution in [0.4, 0.5) is 0 Å². The van der Waals surface area contributed by atoms with E-state index in [1.807, 2.05) is 0 Å². The molecule has 1 unspecified atom stereocenters. The summed E-state index contributed by atoms with van der Waals surface area (Å²) in [6.07, 6.45) is 6.36. The molecule has 0 spiro atoms. The highest BCUT2D eigenvalue weighted by atomic mass is 16.5. The minimum atomic E-state index is 0.520. The monoisotopic (exact) mass is 229 g/mol. The van der Waals surface area contributed by atoms with Crippen molar-refractivity contribution in [3.63, 3.8) is 0 Å². The molecule has 1 atom stereocenters. The molecule has 98 valence electrons. The molecule has 0 aromatic carbocycles. The Morgan fingerprint density at radius 3 is 2.31 bits per heavy atom. The second kappa shape index (κ2) is 11.4. The average molecular weight is 229 g/mol. The Morgan fingerprint density at radius 1 is 1.00 bits per heavy atom. The topological polar surface area (TPSA) is 21.3 Å². The highest BCUT2D eigenvalue weighted by molar-refractivity contribution is 4.69. The molecule has 0 amide bonds. The van der Waals surface area contributed by atoms with Crippen molar-refractivity contribution in [2.75, 3.05) is 19.8 Å². The fraction of sp³-hybridized carbons (Fsp3) is 1.00. The Hall–Kier alpha value is -0.0800. The first-order valence-corrected chi connectivity index (χ1v) is 7.03. The zero-order valence-corrected chi connectivity index (χ0v) is 11.7. The van der Waals surface area contributed by atoms with Gasteiger partial charge in [0.05, 0.1) is 6.61 Å². The Morgan fingerprint density at radius 2 is 1.75 bits per heavy atom. The van der Waals surface area contributed by atoms with Crippen molar-refractivity contribution >= 4 is 0 Å². The van der Waals surface area contributed by atoms with Crippen LogP contribution in [0.2, 0.25) is 0 Å². The Balaban J connectivity index is 3.44. The van der Waals surface area contributed by atoms with Gasteiger partial charge in [0.15, 0.2) is 0 Å². The van der Waals surface area contributed by atoms with Crippen LogP contribution in [0.5, 0.6) is 0 Å². The van der Waals surface area contributed by atoms with Gasteiger partial charge < -0.3 is 10.1 Å². The highest BCUT2D eigenvalue weighted by Crippen LogP contribution is 2.04. The number of hydrogen-bond donors (Lipinski definition) is 1. The van der Waals surface area contributed by atoms with Crippen LogP contribution in [0.1, 0.15) is 59.8 Å². The normalized spacial score (nSPS) is 13.3. The lowest BCUT2D eigenvalue weighted by Gasteiger charge is -2.22. The average Bonchev–Trinajstić information content (AvgIpc) is 2.26. The number of hydrogen-bond acceptors (Lipinski definition) is 2. The molecule has 0 saturated carbocycles. The second-order valence-electron chi connectivity index (χ2n) is 4.94. The molecule has 0 radical (unpaired) electrons. The van der Waals surface area contributed by atoms with E-state index in [1.165, 1.54) is 32.1 Å². The Kier molecular flexibility index (Phi) is 11.3. The molecule has 0 heterocycles. The van der Waals surface area contributed by atoms with Crippen LogP contribution in [0, 0.1) is 5.92 Å². The minimum absolute atomic E-state index is 0.520. The molecular weight excluding hydrogens is 198 g/mol. The number of rotatable bonds is 11. The summed E-state index contributed by atoms with van der Waals surface area (Å²) in [7, 11) is 0. The molecule has 0 aromatic heterocycles. The SMILES string of the molecule is CCCCCCOCC(NCCC)C(C)C. The van der Waals surface area contributed by atoms with Gasteiger partial charge in [-0.1, -0.05) is 47.0 Å². The van der Waals surface area contributed by atoms with Gasteiger partial charge in [0.25, 0.3) is 0 Å². The van der Waals surface area contributed by atoms with Crippen molar-refractivity contribution in [3.05, 3.63) is 0 Å². The van der Waals surface area contributed by atoms with Crippen molar-refractivity contribution in [1.29, 1.82) is 0 Å². The second-order valence-corrected chi connectivity index (χ2v) is 4.94. The van der Waals surface area contributed by atoms with Crippen molar-refractivity contribution in [2.45, 2.75) is 65.8 Å². The smallest absolute Gasteiger partial charge is 0.0622 e. The van der Waals surface area contributed by atoms with Gasteiger partial charge in [0.1, 0.15) is 0 Å². The summed E-state index contributed by atoms with van der Waals surface area (Å²) in [5, 5.41) is 3.55. The third-order valence-corrected chi connectivity index (χ3v) is 2.90. The lowest BCUT2D eigenvalue weighted by atomic mass is 10.1. The predicted molar refractivity (Wildman–Crippen MR) is 71.9 cm³/mol. The van der Waals surface area contributed by atoms with E-state index in [0.29, 0.717) is 12.0 Å². The van der Waals surface area contributed by atoms with E-state index in [0.717, 1.165) is 19.8 Å². The minimum Gasteiger partial charge on any atom is -0.380 e. The van der Waals surface area contributed by atoms with Crippen LogP contribution < -0.4 is 5.32 Å². The maximum Gasteiger partial charge on any atom is 0.0622 e. The van der Waals surface area contributed by atoms with Gasteiger partial charge in [0, 0.05) is 12.6 Å². The largest absolute Gasteiger partial charge is 0.380 e. The van der Waals surface area contributed by atoms with Gasteiger partial charge >= 0.3 is 0 Å². The Labute approximate surface area is 102 Å². The number of unbranched alkanes of at least 4 members (excludes halogenated alkanes) is 3. The first-order valence-electron chi connectivity index (χ1n) is 7.03. The molecule has 0 aliphatic rings. The highest BCUT2D eigenvalue weighted by Gasteiger charge is 2.11. The summed E-state index contributed by atoms with van der Waals surface area (Å²) in [6, 6.07) is 0.520. The predicted octanol–water partition coefficient (Wildman–Crippen LogP) is 3.61. The van der Waals surface area contributed by atoms with E-state index in [4.69, 9.17) is 4.74 Å². The van der Waals surface area contributed by atoms with E-state index in [-0.39, 0.29) is 0 Å². The lowest BCUT2D eigenvalue weighted by molar-refractivity contribution is 0.0949. The van der Waals surface area contributed by atoms with E-state index in [9.17, 15) is 0 Å². The van der Waals surface area contributed by atoms with Gasteiger partial charge in [0.2, 0.25) is 0 Å². The van der Waals surface area contributed by atoms with E-state index in [2.05, 4.69) is 33.0 Å². The third-order valence-electron chi connectivity index (χ3n) is 2.90. The third kappa shape index (κ3) is 9.17. The maximum absolute atomic E-state index is 5.74. The molecule has 0 rings (SSSR count). The van der Waals surface area contributed by atoms with E-state index < -0.39 is 0 Å². The molecule has 16 heavy (non-hydrogen) atoms. The summed E-state index contributed by atoms with van der Waals surface area (Å²) < 4.78 is 5.74. The van der Waals surface area contributed by atoms with Crippen LogP contribution in [0.25, 0.3) is 0 Å². The number of nitrogens with one attached hydrogen (secondary N) is 1. The molecular formula is C14H31NO. The first kappa shape index (κ1) is 15.9. The molecule has 1 N–H and O–H groups in total. The summed E-state index contributed by atoms with van der Waals surface area (Å²) >= 11 is 0. The zero-order valence-electron chi connectivity index (χ0n) is 11.7. The fourth-order valence-corrected chi connectivity index (χ4v) is 1.66. The summed E-state index contributed by atoms with van der Waals surface area (Å²) in [4.78, 5) is 0. The number of ether oxygens (including phenoxy) is 1. The van der Waals surface area contributed by atoms with E-state index >= 15 is 0 Å². The van der Waals surface area contributed by atoms with Gasteiger partial charge in [-0.25, -0.2) is 0 Å². The molecule has 2 nitrogen and oxygen atoms in total. The van der Waals surface area contributed by atoms with E-state index in [1.54, 1.807) is 0 Å². The molecule has 2 heteroatoms. The molecule has 0 aliphatic carbocycles. The van der Waals surface area contributed by atoms with Crippen LogP contribution in [0.3, 0.4) is 0 Å². The van der Waals surface area contributed by atoms with Crippen LogP contribution >= 0.6 is 0 Å². The standard InChI is InChI=1S/C14H31NO/c1-5-7-8-9-11-16-12-14(13(3)4)15-10-6-2/h13-15H,5-12H2,1-4H3. The van der Waals surface area contributed by atoms with Crippen molar-refractivity contribution in [2.24, 2.45) is 5.92 Å². The van der Waals surface area contributed by atoms with Gasteiger partial charge in [-0.2, -0.15) is 0 Å². The van der Waals surface area contributed by atoms with Crippen LogP contribution in [-0.4, -0.2) is 25.8 Å². The van der Waals surface area contributed by atoms with Crippen LogP contribution in [-0.2, 0) is 4.74 Å². The maximum atomic E-state index is 5.74. The molecule has 0 aliphatic heterocycles. The zero-order chi connectivity index (χ0) is 12.2. The van der Waals surface area contributed by atoms with Crippen LogP contribution in [0.15, 0.2) is 0 Å². The first-order chi connectivity index (χ1) is 7.72. The summed E-state index contributed by atoms with van der Waals surface area (Å²) in [5.41, 5.74) is 0. The summed E-state index contributed by atoms with van der Waals surface area (Å²) in [5.74, 6) is 0.655. The molecule has 0 fully saturated rings. The van der Waals surface area contributed by atoms with Crippen molar-refractivity contribution in [3.8, 4) is 0 Å². The molecule has 0 bridgehead atoms.